The molecule has 13 heteroatoms. The summed E-state index contributed by atoms with van der Waals surface area (Å²) in [6.07, 6.45) is 0.160. The Kier molecular flexibility index (Phi) is 7.66. The van der Waals surface area contributed by atoms with E-state index in [1.165, 1.54) is 0 Å². The van der Waals surface area contributed by atoms with Crippen LogP contribution in [0.3, 0.4) is 0 Å². The molecule has 7 nitrogen and oxygen atoms in total. The lowest BCUT2D eigenvalue weighted by Gasteiger charge is -2.33. The third-order valence-electron chi connectivity index (χ3n) is 7.27. The second-order valence-corrected chi connectivity index (χ2v) is 12.4. The Morgan fingerprint density at radius 1 is 0.875 bits per heavy atom. The lowest BCUT2D eigenvalue weighted by molar-refractivity contribution is -0.0496. The molecule has 40 heavy (non-hydrogen) atoms. The van der Waals surface area contributed by atoms with Crippen molar-refractivity contribution in [2.45, 2.75) is 36.6 Å². The van der Waals surface area contributed by atoms with Crippen molar-refractivity contribution in [2.75, 3.05) is 13.1 Å². The van der Waals surface area contributed by atoms with Crippen molar-refractivity contribution < 1.29 is 31.8 Å². The molecule has 2 heterocycles. The molecule has 0 atom stereocenters. The van der Waals surface area contributed by atoms with Crippen LogP contribution in [0.5, 0.6) is 0 Å². The van der Waals surface area contributed by atoms with Crippen LogP contribution in [0, 0.1) is 0 Å². The molecule has 1 fully saturated rings. The minimum absolute atomic E-state index is 0.0800. The number of nitrogens with zero attached hydrogens (tertiary/aromatic N) is 3. The van der Waals surface area contributed by atoms with Gasteiger partial charge in [-0.2, -0.15) is 17.5 Å². The Labute approximate surface area is 238 Å². The molecule has 1 aliphatic heterocycles. The first-order valence-corrected chi connectivity index (χ1v) is 14.5. The SMILES string of the molecule is O=S(=O)(N1CCC(n2c(CO)nc3ccc(C(O)(c4ccc(Cl)cc4)c4ccc(Cl)cc4)cc32)CC1)C(F)(F)F. The maximum atomic E-state index is 13.1. The van der Waals surface area contributed by atoms with Crippen LogP contribution >= 0.6 is 23.2 Å². The molecule has 0 aliphatic carbocycles. The van der Waals surface area contributed by atoms with Gasteiger partial charge in [-0.1, -0.05) is 53.5 Å². The fraction of sp³-hybridized carbons (Fsp3) is 0.296. The van der Waals surface area contributed by atoms with Gasteiger partial charge in [0.15, 0.2) is 0 Å². The number of aliphatic hydroxyl groups is 2. The van der Waals surface area contributed by atoms with Crippen molar-refractivity contribution in [3.05, 3.63) is 99.3 Å². The topological polar surface area (TPSA) is 95.7 Å². The van der Waals surface area contributed by atoms with Crippen LogP contribution in [0.4, 0.5) is 13.2 Å². The van der Waals surface area contributed by atoms with Gasteiger partial charge < -0.3 is 14.8 Å². The molecule has 0 bridgehead atoms. The molecule has 1 aromatic heterocycles. The number of imidazole rings is 1. The molecule has 1 aliphatic rings. The van der Waals surface area contributed by atoms with Gasteiger partial charge in [0.1, 0.15) is 18.0 Å². The summed E-state index contributed by atoms with van der Waals surface area (Å²) in [4.78, 5) is 4.49. The van der Waals surface area contributed by atoms with E-state index in [-0.39, 0.29) is 31.8 Å². The maximum Gasteiger partial charge on any atom is 0.511 e. The number of piperidine rings is 1. The van der Waals surface area contributed by atoms with Gasteiger partial charge in [-0.15, -0.1) is 0 Å². The lowest BCUT2D eigenvalue weighted by atomic mass is 9.80. The molecule has 0 amide bonds. The van der Waals surface area contributed by atoms with Crippen LogP contribution in [0.15, 0.2) is 66.7 Å². The minimum Gasteiger partial charge on any atom is -0.388 e. The fourth-order valence-electron chi connectivity index (χ4n) is 5.26. The van der Waals surface area contributed by atoms with Gasteiger partial charge in [0.05, 0.1) is 11.0 Å². The lowest BCUT2D eigenvalue weighted by Crippen LogP contribution is -2.45. The predicted octanol–water partition coefficient (Wildman–Crippen LogP) is 5.61. The minimum atomic E-state index is -5.44. The van der Waals surface area contributed by atoms with Gasteiger partial charge in [-0.3, -0.25) is 0 Å². The highest BCUT2D eigenvalue weighted by Gasteiger charge is 2.50. The van der Waals surface area contributed by atoms with E-state index in [1.807, 2.05) is 0 Å². The van der Waals surface area contributed by atoms with E-state index >= 15 is 0 Å². The molecule has 3 aromatic carbocycles. The first kappa shape index (κ1) is 28.8. The number of fused-ring (bicyclic) bond motifs is 1. The quantitative estimate of drug-likeness (QED) is 0.276. The maximum absolute atomic E-state index is 13.1. The average Bonchev–Trinajstić information content (AvgIpc) is 3.31. The van der Waals surface area contributed by atoms with E-state index in [2.05, 4.69) is 4.98 Å². The average molecular weight is 614 g/mol. The summed E-state index contributed by atoms with van der Waals surface area (Å²) in [5, 5.41) is 23.3. The third kappa shape index (κ3) is 4.99. The van der Waals surface area contributed by atoms with Crippen molar-refractivity contribution >= 4 is 44.3 Å². The highest BCUT2D eigenvalue weighted by atomic mass is 35.5. The summed E-state index contributed by atoms with van der Waals surface area (Å²) in [6, 6.07) is 18.2. The van der Waals surface area contributed by atoms with Gasteiger partial charge in [0, 0.05) is 29.2 Å². The number of alkyl halides is 3. The highest BCUT2D eigenvalue weighted by molar-refractivity contribution is 7.90. The first-order chi connectivity index (χ1) is 18.9. The summed E-state index contributed by atoms with van der Waals surface area (Å²) < 4.78 is 65.2. The molecular weight excluding hydrogens is 590 g/mol. The van der Waals surface area contributed by atoms with E-state index in [4.69, 9.17) is 23.2 Å². The normalized spacial score (nSPS) is 16.1. The Balaban J connectivity index is 1.59. The summed E-state index contributed by atoms with van der Waals surface area (Å²) >= 11 is 12.2. The molecule has 2 N–H and O–H groups in total. The van der Waals surface area contributed by atoms with Crippen LogP contribution in [0.2, 0.25) is 10.0 Å². The molecule has 0 saturated carbocycles. The number of benzene rings is 3. The second-order valence-electron chi connectivity index (χ2n) is 9.56. The zero-order valence-electron chi connectivity index (χ0n) is 20.8. The van der Waals surface area contributed by atoms with E-state index in [1.54, 1.807) is 71.3 Å². The van der Waals surface area contributed by atoms with Crippen molar-refractivity contribution in [2.24, 2.45) is 0 Å². The molecule has 1 saturated heterocycles. The predicted molar refractivity (Wildman–Crippen MR) is 145 cm³/mol. The van der Waals surface area contributed by atoms with Crippen LogP contribution in [0.25, 0.3) is 11.0 Å². The van der Waals surface area contributed by atoms with Crippen molar-refractivity contribution in [3.63, 3.8) is 0 Å². The molecule has 0 spiro atoms. The van der Waals surface area contributed by atoms with Gasteiger partial charge in [0.25, 0.3) is 0 Å². The zero-order chi connectivity index (χ0) is 28.9. The summed E-state index contributed by atoms with van der Waals surface area (Å²) in [5.41, 5.74) is -4.46. The fourth-order valence-corrected chi connectivity index (χ4v) is 6.49. The second kappa shape index (κ2) is 10.6. The van der Waals surface area contributed by atoms with Crippen molar-refractivity contribution in [3.8, 4) is 0 Å². The van der Waals surface area contributed by atoms with Crippen LogP contribution in [0.1, 0.15) is 41.4 Å². The number of rotatable bonds is 6. The van der Waals surface area contributed by atoms with Crippen LogP contribution in [-0.4, -0.2) is 51.1 Å². The largest absolute Gasteiger partial charge is 0.511 e. The van der Waals surface area contributed by atoms with Gasteiger partial charge >= 0.3 is 15.5 Å². The van der Waals surface area contributed by atoms with Crippen molar-refractivity contribution in [1.29, 1.82) is 0 Å². The Bertz CT molecular complexity index is 1590. The number of hydrogen-bond donors (Lipinski definition) is 2. The van der Waals surface area contributed by atoms with Gasteiger partial charge in [0.2, 0.25) is 0 Å². The number of aromatic nitrogens is 2. The Hall–Kier alpha value is -2.67. The molecule has 0 unspecified atom stereocenters. The standard InChI is InChI=1S/C27H24Cl2F3N3O4S/c28-20-6-1-17(2-7-20)26(37,18-3-8-21(29)9-4-18)19-5-10-23-24(15-19)35(25(16-36)33-23)22-11-13-34(14-12-22)40(38,39)27(30,31)32/h1-10,15,22,36-37H,11-14,16H2. The molecule has 4 aromatic rings. The van der Waals surface area contributed by atoms with Crippen LogP contribution < -0.4 is 0 Å². The van der Waals surface area contributed by atoms with E-state index < -0.39 is 33.8 Å². The number of hydrogen-bond acceptors (Lipinski definition) is 5. The first-order valence-electron chi connectivity index (χ1n) is 12.3. The summed E-state index contributed by atoms with van der Waals surface area (Å²) in [7, 11) is -5.44. The van der Waals surface area contributed by atoms with E-state index in [9.17, 15) is 31.8 Å². The Morgan fingerprint density at radius 3 is 1.85 bits per heavy atom. The van der Waals surface area contributed by atoms with Crippen molar-refractivity contribution in [1.82, 2.24) is 13.9 Å². The smallest absolute Gasteiger partial charge is 0.388 e. The molecule has 0 radical (unpaired) electrons. The number of halogens is 5. The summed E-state index contributed by atoms with van der Waals surface area (Å²) in [5.74, 6) is 0.283. The monoisotopic (exact) mass is 613 g/mol. The number of aliphatic hydroxyl groups excluding tert-OH is 1. The van der Waals surface area contributed by atoms with E-state index in [0.29, 0.717) is 42.1 Å². The van der Waals surface area contributed by atoms with Crippen LogP contribution in [-0.2, 0) is 22.2 Å². The highest BCUT2D eigenvalue weighted by Crippen LogP contribution is 2.40. The molecule has 5 rings (SSSR count). The Morgan fingerprint density at radius 2 is 1.38 bits per heavy atom. The third-order valence-corrected chi connectivity index (χ3v) is 9.40. The number of sulfonamides is 1. The van der Waals surface area contributed by atoms with Gasteiger partial charge in [-0.25, -0.2) is 13.4 Å². The molecular formula is C27H24Cl2F3N3O4S. The zero-order valence-corrected chi connectivity index (χ0v) is 23.1. The van der Waals surface area contributed by atoms with E-state index in [0.717, 1.165) is 0 Å². The van der Waals surface area contributed by atoms with Gasteiger partial charge in [-0.05, 0) is 65.9 Å². The summed E-state index contributed by atoms with van der Waals surface area (Å²) in [6.45, 7) is -1.11. The molecule has 212 valence electrons.